The van der Waals surface area contributed by atoms with Crippen molar-refractivity contribution < 1.29 is 9.53 Å². The van der Waals surface area contributed by atoms with Crippen LogP contribution in [0.25, 0.3) is 0 Å². The zero-order chi connectivity index (χ0) is 4.99. The van der Waals surface area contributed by atoms with E-state index >= 15 is 0 Å². The minimum Gasteiger partial charge on any atom is -0.461 e. The summed E-state index contributed by atoms with van der Waals surface area (Å²) < 4.78 is 10.3. The minimum absolute atomic E-state index is 0.314. The van der Waals surface area contributed by atoms with Gasteiger partial charge in [0.2, 0.25) is 0 Å². The third-order valence-corrected chi connectivity index (χ3v) is 0.333. The number of thiol groups is 1. The highest BCUT2D eigenvalue weighted by atomic mass is 32.1. The van der Waals surface area contributed by atoms with Gasteiger partial charge >= 0.3 is 5.30 Å². The first-order valence-electron chi connectivity index (χ1n) is 1.43. The van der Waals surface area contributed by atoms with Crippen LogP contribution in [0.3, 0.4) is 0 Å². The monoisotopic (exact) mass is 94.0 g/mol. The molecule has 0 fully saturated rings. The molecule has 0 aromatic carbocycles. The molecule has 0 spiro atoms. The van der Waals surface area contributed by atoms with E-state index in [1.54, 1.807) is 0 Å². The van der Waals surface area contributed by atoms with Crippen LogP contribution in [-0.4, -0.2) is 13.5 Å². The van der Waals surface area contributed by atoms with Crippen LogP contribution in [0.1, 0.15) is 0 Å². The van der Waals surface area contributed by atoms with E-state index in [0.717, 1.165) is 0 Å². The number of methoxy groups -OCH3 is 1. The quantitative estimate of drug-likeness (QED) is 0.353. The fourth-order valence-electron chi connectivity index (χ4n) is 0. The van der Waals surface area contributed by atoms with Crippen molar-refractivity contribution in [2.24, 2.45) is 0 Å². The Hall–Kier alpha value is -0.180. The molecule has 0 aromatic rings. The SMILES string of the molecule is [3H]SC(=O)OC. The molecule has 0 aliphatic heterocycles. The highest BCUT2D eigenvalue weighted by Gasteiger charge is 1.77. The molecule has 0 aliphatic carbocycles. The largest absolute Gasteiger partial charge is 0.461 e. The van der Waals surface area contributed by atoms with E-state index in [2.05, 4.69) is 4.74 Å². The second kappa shape index (κ2) is 2.08. The predicted octanol–water partition coefficient (Wildman–Crippen LogP) is 0.683. The van der Waals surface area contributed by atoms with Crippen LogP contribution in [0.2, 0.25) is 0 Å². The van der Waals surface area contributed by atoms with Gasteiger partial charge in [0, 0.05) is 0 Å². The molecule has 0 radical (unpaired) electrons. The molecule has 5 heavy (non-hydrogen) atoms. The van der Waals surface area contributed by atoms with Gasteiger partial charge in [-0.3, -0.25) is 0 Å². The summed E-state index contributed by atoms with van der Waals surface area (Å²) in [5, 5.41) is -0.574. The van der Waals surface area contributed by atoms with Gasteiger partial charge in [0.25, 0.3) is 0 Å². The third-order valence-electron chi connectivity index (χ3n) is 0.167. The zero-order valence-corrected chi connectivity index (χ0v) is 3.54. The first kappa shape index (κ1) is 3.03. The molecule has 0 saturated carbocycles. The lowest BCUT2D eigenvalue weighted by atomic mass is 11.5. The van der Waals surface area contributed by atoms with Crippen LogP contribution >= 0.6 is 12.5 Å². The highest BCUT2D eigenvalue weighted by molar-refractivity contribution is 7.96. The predicted molar refractivity (Wildman–Crippen MR) is 21.4 cm³/mol. The number of ether oxygens (including phenoxy) is 1. The smallest absolute Gasteiger partial charge is 0.363 e. The van der Waals surface area contributed by atoms with Crippen LogP contribution in [0, 0.1) is 0 Å². The maximum absolute atomic E-state index is 9.73. The highest BCUT2D eigenvalue weighted by Crippen LogP contribution is 1.77. The maximum atomic E-state index is 9.73. The third kappa shape index (κ3) is 3.82. The molecule has 0 saturated heterocycles. The van der Waals surface area contributed by atoms with E-state index < -0.39 is 5.30 Å². The summed E-state index contributed by atoms with van der Waals surface area (Å²) in [6.07, 6.45) is 0. The van der Waals surface area contributed by atoms with Crippen molar-refractivity contribution in [1.82, 2.24) is 0 Å². The van der Waals surface area contributed by atoms with Crippen molar-refractivity contribution in [3.63, 3.8) is 0 Å². The first-order chi connectivity index (χ1) is 2.81. The number of carbonyl (C=O) groups is 1. The molecular formula is C2H4O2S. The lowest BCUT2D eigenvalue weighted by Gasteiger charge is -1.79. The van der Waals surface area contributed by atoms with E-state index in [0.29, 0.717) is 12.5 Å². The number of rotatable bonds is 0. The van der Waals surface area contributed by atoms with Crippen molar-refractivity contribution in [2.75, 3.05) is 7.11 Å². The van der Waals surface area contributed by atoms with Crippen LogP contribution in [0.4, 0.5) is 4.79 Å². The lowest BCUT2D eigenvalue weighted by molar-refractivity contribution is 0.201. The van der Waals surface area contributed by atoms with Gasteiger partial charge in [-0.25, -0.2) is 4.79 Å². The van der Waals surface area contributed by atoms with Gasteiger partial charge in [0.05, 0.1) is 7.11 Å². The Labute approximate surface area is 36.6 Å². The molecule has 0 atom stereocenters. The van der Waals surface area contributed by atoms with Gasteiger partial charge in [-0.05, 0) is 0 Å². The number of carbonyl (C=O) groups excluding carboxylic acids is 1. The van der Waals surface area contributed by atoms with Crippen LogP contribution in [-0.2, 0) is 4.74 Å². The Morgan fingerprint density at radius 1 is 2.40 bits per heavy atom. The molecule has 3 heteroatoms. The van der Waals surface area contributed by atoms with Crippen LogP contribution in [0.5, 0.6) is 0 Å². The van der Waals surface area contributed by atoms with E-state index in [4.69, 9.17) is 1.12 Å². The number of hydrogen-bond donors (Lipinski definition) is 1. The molecule has 0 rings (SSSR count). The Kier molecular flexibility index (Phi) is 1.26. The van der Waals surface area contributed by atoms with E-state index in [1.807, 2.05) is 0 Å². The molecule has 0 aromatic heterocycles. The van der Waals surface area contributed by atoms with Gasteiger partial charge in [-0.15, -0.1) is 0 Å². The Morgan fingerprint density at radius 3 is 3.00 bits per heavy atom. The fourth-order valence-corrected chi connectivity index (χ4v) is 0. The van der Waals surface area contributed by atoms with Gasteiger partial charge in [-0.1, -0.05) is 12.5 Å². The second-order valence-corrected chi connectivity index (χ2v) is 0.787. The Balaban J connectivity index is 2.99. The van der Waals surface area contributed by atoms with Gasteiger partial charge in [0.1, 0.15) is 1.12 Å². The van der Waals surface area contributed by atoms with Crippen molar-refractivity contribution >= 4 is 17.8 Å². The van der Waals surface area contributed by atoms with E-state index in [1.165, 1.54) is 7.11 Å². The summed E-state index contributed by atoms with van der Waals surface area (Å²) in [6.45, 7) is 0. The molecule has 2 nitrogen and oxygen atoms in total. The molecule has 0 unspecified atom stereocenters. The average Bonchev–Trinajstić information content (AvgIpc) is 1.65. The van der Waals surface area contributed by atoms with Crippen LogP contribution in [0.15, 0.2) is 0 Å². The minimum atomic E-state index is -0.574. The summed E-state index contributed by atoms with van der Waals surface area (Å²) in [7, 11) is 1.24. The second-order valence-electron chi connectivity index (χ2n) is 0.454. The maximum Gasteiger partial charge on any atom is 0.363 e. The first-order valence-corrected chi connectivity index (χ1v) is 1.43. The normalized spacial score (nSPS) is 9.40. The van der Waals surface area contributed by atoms with E-state index in [-0.39, 0.29) is 0 Å². The number of hydrogen-bond acceptors (Lipinski definition) is 3. The molecular weight excluding hydrogens is 88.1 g/mol. The van der Waals surface area contributed by atoms with Gasteiger partial charge in [0.15, 0.2) is 0 Å². The standard InChI is InChI=1S/C2H4O2S/c1-4-2(3)5/h1H3,(H,3,5)/i/hT. The molecule has 0 N–H and O–H groups in total. The summed E-state index contributed by atoms with van der Waals surface area (Å²) in [5.74, 6) is 0. The van der Waals surface area contributed by atoms with Crippen molar-refractivity contribution in [3.05, 3.63) is 0 Å². The van der Waals surface area contributed by atoms with Gasteiger partial charge in [-0.2, -0.15) is 0 Å². The molecule has 0 bridgehead atoms. The zero-order valence-electron chi connectivity index (χ0n) is 3.72. The van der Waals surface area contributed by atoms with Crippen molar-refractivity contribution in [2.45, 2.75) is 0 Å². The summed E-state index contributed by atoms with van der Waals surface area (Å²) in [4.78, 5) is 9.73. The topological polar surface area (TPSA) is 26.3 Å². The summed E-state index contributed by atoms with van der Waals surface area (Å²) >= 11 is 0.314. The summed E-state index contributed by atoms with van der Waals surface area (Å²) in [6, 6.07) is 0. The lowest BCUT2D eigenvalue weighted by Crippen LogP contribution is -1.80. The van der Waals surface area contributed by atoms with Crippen LogP contribution < -0.4 is 0 Å². The molecule has 0 heterocycles. The Morgan fingerprint density at radius 2 is 3.00 bits per heavy atom. The molecule has 0 amide bonds. The average molecular weight is 94.1 g/mol. The molecule has 30 valence electrons. The van der Waals surface area contributed by atoms with Crippen molar-refractivity contribution in [3.8, 4) is 0 Å². The van der Waals surface area contributed by atoms with Gasteiger partial charge < -0.3 is 4.74 Å². The Bertz CT molecular complexity index is 49.5. The summed E-state index contributed by atoms with van der Waals surface area (Å²) in [5.41, 5.74) is 0. The fraction of sp³-hybridized carbons (Fsp3) is 0.500. The molecule has 0 aliphatic rings. The van der Waals surface area contributed by atoms with Crippen molar-refractivity contribution in [1.29, 1.82) is 1.12 Å². The van der Waals surface area contributed by atoms with E-state index in [9.17, 15) is 4.79 Å².